The molecule has 1 atom stereocenters. The lowest BCUT2D eigenvalue weighted by Gasteiger charge is -2.33. The molecule has 15 heteroatoms. The van der Waals surface area contributed by atoms with Crippen LogP contribution < -0.4 is 32.3 Å². The van der Waals surface area contributed by atoms with E-state index in [0.29, 0.717) is 38.5 Å². The summed E-state index contributed by atoms with van der Waals surface area (Å²) in [4.78, 5) is 41.1. The van der Waals surface area contributed by atoms with E-state index < -0.39 is 6.04 Å². The second-order valence-electron chi connectivity index (χ2n) is 14.5. The Morgan fingerprint density at radius 1 is 0.870 bits per heavy atom. The smallest absolute Gasteiger partial charge is 0.237 e. The first-order chi connectivity index (χ1) is 26.5. The first-order valence-electron chi connectivity index (χ1n) is 19.8. The zero-order valence-corrected chi connectivity index (χ0v) is 31.4. The van der Waals surface area contributed by atoms with E-state index in [1.807, 2.05) is 58.2 Å². The number of amides is 2. The summed E-state index contributed by atoms with van der Waals surface area (Å²) in [6.45, 7) is 5.89. The Balaban J connectivity index is 0.896. The maximum absolute atomic E-state index is 13.0. The van der Waals surface area contributed by atoms with Crippen molar-refractivity contribution in [3.63, 3.8) is 0 Å². The number of pyridine rings is 1. The van der Waals surface area contributed by atoms with E-state index in [1.54, 1.807) is 6.20 Å². The number of hydrogen-bond acceptors (Lipinski definition) is 12. The molecule has 3 aromatic heterocycles. The van der Waals surface area contributed by atoms with Crippen molar-refractivity contribution in [2.24, 2.45) is 5.73 Å². The molecular weight excluding hydrogens is 683 g/mol. The van der Waals surface area contributed by atoms with Gasteiger partial charge in [0.25, 0.3) is 0 Å². The summed E-state index contributed by atoms with van der Waals surface area (Å²) in [5, 5.41) is 26.6. The van der Waals surface area contributed by atoms with Crippen molar-refractivity contribution in [1.82, 2.24) is 50.8 Å². The fourth-order valence-corrected chi connectivity index (χ4v) is 7.13. The Hall–Kier alpha value is -4.73. The van der Waals surface area contributed by atoms with Crippen LogP contribution in [0.3, 0.4) is 0 Å². The molecule has 0 bridgehead atoms. The SMILES string of the molecule is N[C@@H](CCC(=O)N1CCC(Nc2nc(NCc3cn(CCCNCCCNC4CCCCC4)nn3)nc3ccccc23)CC1)C(=O)NCc1ccccn1. The molecule has 54 heavy (non-hydrogen) atoms. The van der Waals surface area contributed by atoms with Gasteiger partial charge in [-0.15, -0.1) is 5.10 Å². The van der Waals surface area contributed by atoms with E-state index in [0.717, 1.165) is 86.0 Å². The van der Waals surface area contributed by atoms with Crippen LogP contribution in [0.15, 0.2) is 54.9 Å². The molecule has 4 heterocycles. The lowest BCUT2D eigenvalue weighted by atomic mass is 9.95. The summed E-state index contributed by atoms with van der Waals surface area (Å²) in [5.74, 6) is 1.01. The zero-order valence-electron chi connectivity index (χ0n) is 31.4. The third-order valence-electron chi connectivity index (χ3n) is 10.3. The number of carbonyl (C=O) groups is 2. The zero-order chi connectivity index (χ0) is 37.4. The predicted molar refractivity (Wildman–Crippen MR) is 210 cm³/mol. The average molecular weight is 740 g/mol. The van der Waals surface area contributed by atoms with Crippen molar-refractivity contribution in [1.29, 1.82) is 0 Å². The Kier molecular flexibility index (Phi) is 14.9. The summed E-state index contributed by atoms with van der Waals surface area (Å²) in [5.41, 5.74) is 8.51. The number of nitrogens with one attached hydrogen (secondary N) is 5. The van der Waals surface area contributed by atoms with Crippen molar-refractivity contribution in [2.45, 2.75) is 108 Å². The van der Waals surface area contributed by atoms with Crippen LogP contribution in [0.4, 0.5) is 11.8 Å². The molecule has 6 rings (SSSR count). The minimum Gasteiger partial charge on any atom is -0.367 e. The van der Waals surface area contributed by atoms with E-state index in [2.05, 4.69) is 41.9 Å². The minimum absolute atomic E-state index is 0.0157. The highest BCUT2D eigenvalue weighted by Crippen LogP contribution is 2.25. The van der Waals surface area contributed by atoms with Gasteiger partial charge in [0.2, 0.25) is 17.8 Å². The predicted octanol–water partition coefficient (Wildman–Crippen LogP) is 3.35. The van der Waals surface area contributed by atoms with Gasteiger partial charge in [0, 0.05) is 49.7 Å². The summed E-state index contributed by atoms with van der Waals surface area (Å²) < 4.78 is 1.89. The van der Waals surface area contributed by atoms with Gasteiger partial charge in [0.15, 0.2) is 0 Å². The number of piperidine rings is 1. The molecule has 1 saturated carbocycles. The molecule has 1 aromatic carbocycles. The van der Waals surface area contributed by atoms with Gasteiger partial charge in [-0.1, -0.05) is 42.7 Å². The number of para-hydroxylation sites is 1. The molecule has 2 amide bonds. The van der Waals surface area contributed by atoms with Crippen LogP contribution in [0.1, 0.15) is 82.0 Å². The molecule has 2 aliphatic rings. The number of benzene rings is 1. The normalized spacial score (nSPS) is 16.0. The van der Waals surface area contributed by atoms with Crippen molar-refractivity contribution in [3.05, 3.63) is 66.2 Å². The number of rotatable bonds is 20. The van der Waals surface area contributed by atoms with Gasteiger partial charge in [-0.3, -0.25) is 19.3 Å². The highest BCUT2D eigenvalue weighted by Gasteiger charge is 2.25. The molecule has 7 N–H and O–H groups in total. The van der Waals surface area contributed by atoms with E-state index in [4.69, 9.17) is 15.7 Å². The van der Waals surface area contributed by atoms with Gasteiger partial charge in [-0.2, -0.15) is 4.98 Å². The highest BCUT2D eigenvalue weighted by molar-refractivity contribution is 5.90. The quantitative estimate of drug-likeness (QED) is 0.0726. The summed E-state index contributed by atoms with van der Waals surface area (Å²) in [7, 11) is 0. The number of aryl methyl sites for hydroxylation is 1. The van der Waals surface area contributed by atoms with E-state index in [9.17, 15) is 9.59 Å². The first kappa shape index (κ1) is 39.0. The monoisotopic (exact) mass is 739 g/mol. The van der Waals surface area contributed by atoms with Crippen molar-refractivity contribution in [3.8, 4) is 0 Å². The maximum atomic E-state index is 13.0. The molecule has 290 valence electrons. The van der Waals surface area contributed by atoms with Gasteiger partial charge in [-0.05, 0) is 88.8 Å². The molecule has 1 aliphatic heterocycles. The lowest BCUT2D eigenvalue weighted by Crippen LogP contribution is -2.44. The number of fused-ring (bicyclic) bond motifs is 1. The number of nitrogens with two attached hydrogens (primary N) is 1. The molecule has 4 aromatic rings. The van der Waals surface area contributed by atoms with Gasteiger partial charge in [-0.25, -0.2) is 4.98 Å². The number of hydrogen-bond donors (Lipinski definition) is 6. The second kappa shape index (κ2) is 20.7. The Morgan fingerprint density at radius 2 is 1.69 bits per heavy atom. The number of aromatic nitrogens is 6. The molecular formula is C39H57N13O2. The average Bonchev–Trinajstić information content (AvgIpc) is 3.67. The van der Waals surface area contributed by atoms with Crippen LogP contribution in [0.25, 0.3) is 10.9 Å². The minimum atomic E-state index is -0.752. The molecule has 1 saturated heterocycles. The van der Waals surface area contributed by atoms with Gasteiger partial charge < -0.3 is 37.2 Å². The Morgan fingerprint density at radius 3 is 2.52 bits per heavy atom. The number of nitrogens with zero attached hydrogens (tertiary/aromatic N) is 7. The maximum Gasteiger partial charge on any atom is 0.237 e. The van der Waals surface area contributed by atoms with E-state index >= 15 is 0 Å². The van der Waals surface area contributed by atoms with Gasteiger partial charge in [0.05, 0.1) is 36.5 Å². The molecule has 0 radical (unpaired) electrons. The van der Waals surface area contributed by atoms with Crippen LogP contribution in [0.2, 0.25) is 0 Å². The molecule has 0 unspecified atom stereocenters. The number of carbonyl (C=O) groups excluding carboxylic acids is 2. The lowest BCUT2D eigenvalue weighted by molar-refractivity contribution is -0.132. The number of likely N-dealkylation sites (tertiary alicyclic amines) is 1. The standard InChI is InChI=1S/C39H57N13O2/c40-34(38(54)44-26-31-12-6-7-21-43-31)15-16-36(53)51-24-17-30(18-25-51)46-37-33-13-4-5-14-35(33)47-39(48-37)45-27-32-28-52(50-49-32)23-9-20-41-19-8-22-42-29-10-2-1-3-11-29/h4-7,12-14,21,28-30,34,41-42H,1-3,8-11,15-20,22-27,40H2,(H,44,54)(H2,45,46,47,48)/t34-/m0/s1. The van der Waals surface area contributed by atoms with Crippen LogP contribution in [-0.4, -0.2) is 97.5 Å². The molecule has 0 spiro atoms. The third-order valence-corrected chi connectivity index (χ3v) is 10.3. The van der Waals surface area contributed by atoms with E-state index in [1.165, 1.54) is 32.1 Å². The first-order valence-corrected chi connectivity index (χ1v) is 19.8. The fraction of sp³-hybridized carbons (Fsp3) is 0.564. The van der Waals surface area contributed by atoms with E-state index in [-0.39, 0.29) is 24.3 Å². The fourth-order valence-electron chi connectivity index (χ4n) is 7.13. The highest BCUT2D eigenvalue weighted by atomic mass is 16.2. The van der Waals surface area contributed by atoms with Crippen LogP contribution in [0, 0.1) is 0 Å². The van der Waals surface area contributed by atoms with Crippen LogP contribution in [-0.2, 0) is 29.2 Å². The van der Waals surface area contributed by atoms with Crippen molar-refractivity contribution < 1.29 is 9.59 Å². The third kappa shape index (κ3) is 12.1. The summed E-state index contributed by atoms with van der Waals surface area (Å²) in [6, 6.07) is 13.6. The summed E-state index contributed by atoms with van der Waals surface area (Å²) >= 11 is 0. The largest absolute Gasteiger partial charge is 0.367 e. The van der Waals surface area contributed by atoms with Gasteiger partial charge >= 0.3 is 0 Å². The Bertz CT molecular complexity index is 1740. The summed E-state index contributed by atoms with van der Waals surface area (Å²) in [6.07, 6.45) is 14.7. The Labute approximate surface area is 318 Å². The van der Waals surface area contributed by atoms with Crippen molar-refractivity contribution >= 4 is 34.5 Å². The second-order valence-corrected chi connectivity index (χ2v) is 14.5. The molecule has 15 nitrogen and oxygen atoms in total. The number of anilines is 2. The van der Waals surface area contributed by atoms with Crippen LogP contribution in [0.5, 0.6) is 0 Å². The van der Waals surface area contributed by atoms with Gasteiger partial charge in [0.1, 0.15) is 11.5 Å². The van der Waals surface area contributed by atoms with Crippen molar-refractivity contribution in [2.75, 3.05) is 43.4 Å². The topological polar surface area (TPSA) is 193 Å². The molecule has 2 fully saturated rings. The molecule has 1 aliphatic carbocycles. The van der Waals surface area contributed by atoms with Crippen LogP contribution >= 0.6 is 0 Å².